The van der Waals surface area contributed by atoms with E-state index in [2.05, 4.69) is 26.0 Å². The Balaban J connectivity index is 2.92. The van der Waals surface area contributed by atoms with E-state index in [1.807, 2.05) is 32.0 Å². The fraction of sp³-hybridized carbons (Fsp3) is 0.500. The van der Waals surface area contributed by atoms with Gasteiger partial charge in [-0.25, -0.2) is 0 Å². The molecule has 1 aromatic carbocycles. The van der Waals surface area contributed by atoms with E-state index in [0.717, 1.165) is 6.42 Å². The average molecular weight is 219 g/mol. The standard InChI is InChI=1S/C14H21NO/c1-13(2,14(3,4)12(15)16)10-11-8-6-5-7-9-11/h5-9H,10H2,1-4H3,(H2,15,16). The van der Waals surface area contributed by atoms with Crippen LogP contribution in [0.5, 0.6) is 0 Å². The third-order valence-corrected chi connectivity index (χ3v) is 3.80. The Morgan fingerprint density at radius 1 is 1.12 bits per heavy atom. The van der Waals surface area contributed by atoms with Crippen LogP contribution in [0, 0.1) is 10.8 Å². The van der Waals surface area contributed by atoms with E-state index in [4.69, 9.17) is 5.73 Å². The molecule has 1 amide bonds. The molecule has 2 heteroatoms. The highest BCUT2D eigenvalue weighted by molar-refractivity contribution is 5.80. The van der Waals surface area contributed by atoms with Gasteiger partial charge in [0.05, 0.1) is 0 Å². The summed E-state index contributed by atoms with van der Waals surface area (Å²) in [5.41, 5.74) is 6.05. The van der Waals surface area contributed by atoms with Crippen molar-refractivity contribution in [3.63, 3.8) is 0 Å². The molecule has 0 spiro atoms. The van der Waals surface area contributed by atoms with Gasteiger partial charge < -0.3 is 5.73 Å². The second kappa shape index (κ2) is 4.28. The summed E-state index contributed by atoms with van der Waals surface area (Å²) in [6, 6.07) is 10.2. The van der Waals surface area contributed by atoms with E-state index >= 15 is 0 Å². The molecule has 0 aliphatic heterocycles. The molecule has 2 nitrogen and oxygen atoms in total. The van der Waals surface area contributed by atoms with Crippen molar-refractivity contribution in [2.45, 2.75) is 34.1 Å². The normalized spacial score (nSPS) is 12.5. The first kappa shape index (κ1) is 12.8. The molecule has 0 saturated heterocycles. The number of rotatable bonds is 4. The molecule has 88 valence electrons. The zero-order valence-electron chi connectivity index (χ0n) is 10.6. The van der Waals surface area contributed by atoms with E-state index in [-0.39, 0.29) is 11.3 Å². The molecule has 0 heterocycles. The van der Waals surface area contributed by atoms with E-state index in [9.17, 15) is 4.79 Å². The van der Waals surface area contributed by atoms with Gasteiger partial charge in [-0.05, 0) is 17.4 Å². The predicted octanol–water partition coefficient (Wildman–Crippen LogP) is 2.77. The van der Waals surface area contributed by atoms with Crippen LogP contribution in [0.2, 0.25) is 0 Å². The van der Waals surface area contributed by atoms with Crippen molar-refractivity contribution in [2.24, 2.45) is 16.6 Å². The Kier molecular flexibility index (Phi) is 3.41. The monoisotopic (exact) mass is 219 g/mol. The maximum absolute atomic E-state index is 11.5. The second-order valence-electron chi connectivity index (χ2n) is 5.54. The van der Waals surface area contributed by atoms with Gasteiger partial charge in [0.25, 0.3) is 0 Å². The van der Waals surface area contributed by atoms with Gasteiger partial charge in [0.1, 0.15) is 0 Å². The molecule has 0 fully saturated rings. The number of benzene rings is 1. The summed E-state index contributed by atoms with van der Waals surface area (Å²) in [7, 11) is 0. The molecule has 0 radical (unpaired) electrons. The molecular formula is C14H21NO. The number of nitrogens with two attached hydrogens (primary N) is 1. The van der Waals surface area contributed by atoms with Crippen molar-refractivity contribution >= 4 is 5.91 Å². The van der Waals surface area contributed by atoms with Gasteiger partial charge in [0, 0.05) is 5.41 Å². The molecule has 0 aliphatic rings. The summed E-state index contributed by atoms with van der Waals surface area (Å²) in [5.74, 6) is -0.242. The molecule has 0 aromatic heterocycles. The fourth-order valence-electron chi connectivity index (χ4n) is 1.66. The van der Waals surface area contributed by atoms with Gasteiger partial charge in [0.2, 0.25) is 5.91 Å². The Labute approximate surface area is 97.9 Å². The van der Waals surface area contributed by atoms with Crippen LogP contribution in [0.3, 0.4) is 0 Å². The first-order valence-electron chi connectivity index (χ1n) is 5.61. The van der Waals surface area contributed by atoms with Crippen LogP contribution in [0.15, 0.2) is 30.3 Å². The first-order chi connectivity index (χ1) is 7.27. The highest BCUT2D eigenvalue weighted by Gasteiger charge is 2.41. The minimum absolute atomic E-state index is 0.153. The van der Waals surface area contributed by atoms with Gasteiger partial charge in [-0.15, -0.1) is 0 Å². The molecule has 0 saturated carbocycles. The smallest absolute Gasteiger partial charge is 0.223 e. The zero-order chi connectivity index (χ0) is 12.4. The second-order valence-corrected chi connectivity index (χ2v) is 5.54. The van der Waals surface area contributed by atoms with E-state index < -0.39 is 5.41 Å². The lowest BCUT2D eigenvalue weighted by atomic mass is 9.64. The maximum atomic E-state index is 11.5. The summed E-state index contributed by atoms with van der Waals surface area (Å²) in [6.07, 6.45) is 0.851. The van der Waals surface area contributed by atoms with Crippen molar-refractivity contribution in [1.82, 2.24) is 0 Å². The van der Waals surface area contributed by atoms with Crippen molar-refractivity contribution in [1.29, 1.82) is 0 Å². The van der Waals surface area contributed by atoms with E-state index in [1.165, 1.54) is 5.56 Å². The molecule has 0 aliphatic carbocycles. The Morgan fingerprint density at radius 3 is 2.06 bits per heavy atom. The number of carbonyl (C=O) groups is 1. The highest BCUT2D eigenvalue weighted by atomic mass is 16.1. The zero-order valence-corrected chi connectivity index (χ0v) is 10.6. The molecule has 0 atom stereocenters. The van der Waals surface area contributed by atoms with Crippen molar-refractivity contribution < 1.29 is 4.79 Å². The Bertz CT molecular complexity index is 366. The van der Waals surface area contributed by atoms with Gasteiger partial charge in [-0.2, -0.15) is 0 Å². The van der Waals surface area contributed by atoms with Crippen molar-refractivity contribution in [3.8, 4) is 0 Å². The predicted molar refractivity (Wildman–Crippen MR) is 66.9 cm³/mol. The van der Waals surface area contributed by atoms with Gasteiger partial charge in [-0.3, -0.25) is 4.79 Å². The van der Waals surface area contributed by atoms with Crippen molar-refractivity contribution in [3.05, 3.63) is 35.9 Å². The topological polar surface area (TPSA) is 43.1 Å². The SMILES string of the molecule is CC(C)(Cc1ccccc1)C(C)(C)C(N)=O. The number of hydrogen-bond acceptors (Lipinski definition) is 1. The van der Waals surface area contributed by atoms with E-state index in [0.29, 0.717) is 0 Å². The van der Waals surface area contributed by atoms with Gasteiger partial charge >= 0.3 is 0 Å². The number of hydrogen-bond donors (Lipinski definition) is 1. The molecule has 16 heavy (non-hydrogen) atoms. The van der Waals surface area contributed by atoms with Crippen LogP contribution < -0.4 is 5.73 Å². The minimum Gasteiger partial charge on any atom is -0.369 e. The minimum atomic E-state index is -0.511. The Morgan fingerprint density at radius 2 is 1.62 bits per heavy atom. The van der Waals surface area contributed by atoms with Gasteiger partial charge in [0.15, 0.2) is 0 Å². The first-order valence-corrected chi connectivity index (χ1v) is 5.61. The molecule has 1 rings (SSSR count). The van der Waals surface area contributed by atoms with E-state index in [1.54, 1.807) is 0 Å². The Hall–Kier alpha value is -1.31. The molecule has 0 unspecified atom stereocenters. The quantitative estimate of drug-likeness (QED) is 0.831. The summed E-state index contributed by atoms with van der Waals surface area (Å²) in [6.45, 7) is 8.01. The number of primary amides is 1. The van der Waals surface area contributed by atoms with Crippen LogP contribution in [0.25, 0.3) is 0 Å². The molecule has 0 bridgehead atoms. The van der Waals surface area contributed by atoms with Crippen molar-refractivity contribution in [2.75, 3.05) is 0 Å². The summed E-state index contributed by atoms with van der Waals surface area (Å²) >= 11 is 0. The lowest BCUT2D eigenvalue weighted by molar-refractivity contribution is -0.131. The third kappa shape index (κ3) is 2.43. The summed E-state index contributed by atoms with van der Waals surface area (Å²) in [5, 5.41) is 0. The lowest BCUT2D eigenvalue weighted by Crippen LogP contribution is -2.44. The van der Waals surface area contributed by atoms with Crippen LogP contribution >= 0.6 is 0 Å². The molecule has 1 aromatic rings. The number of carbonyl (C=O) groups excluding carboxylic acids is 1. The third-order valence-electron chi connectivity index (χ3n) is 3.80. The molecule has 2 N–H and O–H groups in total. The maximum Gasteiger partial charge on any atom is 0.223 e. The van der Waals surface area contributed by atoms with Crippen LogP contribution in [-0.2, 0) is 11.2 Å². The molecular weight excluding hydrogens is 198 g/mol. The van der Waals surface area contributed by atoms with Crippen LogP contribution in [-0.4, -0.2) is 5.91 Å². The highest BCUT2D eigenvalue weighted by Crippen LogP contribution is 2.40. The largest absolute Gasteiger partial charge is 0.369 e. The van der Waals surface area contributed by atoms with Crippen LogP contribution in [0.1, 0.15) is 33.3 Å². The lowest BCUT2D eigenvalue weighted by Gasteiger charge is -2.39. The van der Waals surface area contributed by atoms with Crippen LogP contribution in [0.4, 0.5) is 0 Å². The fourth-order valence-corrected chi connectivity index (χ4v) is 1.66. The average Bonchev–Trinajstić information content (AvgIpc) is 2.18. The summed E-state index contributed by atoms with van der Waals surface area (Å²) < 4.78 is 0. The van der Waals surface area contributed by atoms with Gasteiger partial charge in [-0.1, -0.05) is 58.0 Å². The number of amides is 1. The summed E-state index contributed by atoms with van der Waals surface area (Å²) in [4.78, 5) is 11.5.